The third-order valence-corrected chi connectivity index (χ3v) is 1.72. The molecule has 1 aliphatic heterocycles. The molecule has 0 spiro atoms. The van der Waals surface area contributed by atoms with Crippen molar-refractivity contribution in [1.29, 1.82) is 0 Å². The van der Waals surface area contributed by atoms with E-state index in [1.54, 1.807) is 7.11 Å². The highest BCUT2D eigenvalue weighted by Gasteiger charge is 2.34. The summed E-state index contributed by atoms with van der Waals surface area (Å²) in [6, 6.07) is 0. The summed E-state index contributed by atoms with van der Waals surface area (Å²) in [5, 5.41) is 0. The lowest BCUT2D eigenvalue weighted by molar-refractivity contribution is -0.189. The topological polar surface area (TPSA) is 27.7 Å². The molecule has 0 unspecified atom stereocenters. The number of hydrogen-bond donors (Lipinski definition) is 0. The van der Waals surface area contributed by atoms with Gasteiger partial charge in [0.15, 0.2) is 5.79 Å². The van der Waals surface area contributed by atoms with Crippen LogP contribution in [0.3, 0.4) is 0 Å². The monoisotopic (exact) mass is 146 g/mol. The minimum atomic E-state index is -0.436. The number of rotatable bonds is 3. The molecule has 60 valence electrons. The zero-order valence-electron chi connectivity index (χ0n) is 6.55. The van der Waals surface area contributed by atoms with Gasteiger partial charge in [0.2, 0.25) is 0 Å². The van der Waals surface area contributed by atoms with Crippen LogP contribution in [0.4, 0.5) is 0 Å². The van der Waals surface area contributed by atoms with E-state index in [1.807, 2.05) is 6.92 Å². The van der Waals surface area contributed by atoms with Gasteiger partial charge in [-0.25, -0.2) is 0 Å². The molecule has 0 bridgehead atoms. The van der Waals surface area contributed by atoms with Crippen LogP contribution in [0.25, 0.3) is 0 Å². The van der Waals surface area contributed by atoms with E-state index in [4.69, 9.17) is 14.2 Å². The van der Waals surface area contributed by atoms with Crippen LogP contribution in [0.2, 0.25) is 0 Å². The fraction of sp³-hybridized carbons (Fsp3) is 1.00. The van der Waals surface area contributed by atoms with Crippen LogP contribution >= 0.6 is 0 Å². The van der Waals surface area contributed by atoms with Gasteiger partial charge in [0.05, 0.1) is 13.2 Å². The van der Waals surface area contributed by atoms with Gasteiger partial charge in [-0.2, -0.15) is 0 Å². The van der Waals surface area contributed by atoms with Crippen molar-refractivity contribution in [3.8, 4) is 0 Å². The van der Waals surface area contributed by atoms with Crippen LogP contribution in [-0.4, -0.2) is 32.7 Å². The van der Waals surface area contributed by atoms with Crippen LogP contribution in [0.1, 0.15) is 13.3 Å². The minimum Gasteiger partial charge on any atom is -0.379 e. The first-order chi connectivity index (χ1) is 4.83. The van der Waals surface area contributed by atoms with Crippen LogP contribution in [0.15, 0.2) is 0 Å². The van der Waals surface area contributed by atoms with Gasteiger partial charge >= 0.3 is 0 Å². The summed E-state index contributed by atoms with van der Waals surface area (Å²) in [4.78, 5) is 0. The van der Waals surface area contributed by atoms with Gasteiger partial charge < -0.3 is 14.2 Å². The second-order valence-corrected chi connectivity index (χ2v) is 2.39. The quantitative estimate of drug-likeness (QED) is 0.589. The lowest BCUT2D eigenvalue weighted by Crippen LogP contribution is -2.34. The summed E-state index contributed by atoms with van der Waals surface area (Å²) < 4.78 is 15.7. The molecule has 1 fully saturated rings. The van der Waals surface area contributed by atoms with Gasteiger partial charge in [-0.1, -0.05) is 6.92 Å². The van der Waals surface area contributed by atoms with Crippen molar-refractivity contribution >= 4 is 0 Å². The Morgan fingerprint density at radius 2 is 2.00 bits per heavy atom. The maximum Gasteiger partial charge on any atom is 0.191 e. The van der Waals surface area contributed by atoms with Crippen molar-refractivity contribution in [2.45, 2.75) is 19.1 Å². The molecule has 0 radical (unpaired) electrons. The Bertz CT molecular complexity index is 97.0. The summed E-state index contributed by atoms with van der Waals surface area (Å²) in [6.07, 6.45) is 0.848. The fourth-order valence-corrected chi connectivity index (χ4v) is 1.11. The van der Waals surface area contributed by atoms with E-state index < -0.39 is 5.79 Å². The van der Waals surface area contributed by atoms with Crippen LogP contribution in [0, 0.1) is 0 Å². The Kier molecular flexibility index (Phi) is 2.65. The van der Waals surface area contributed by atoms with Crippen molar-refractivity contribution < 1.29 is 14.2 Å². The van der Waals surface area contributed by atoms with Gasteiger partial charge in [0.1, 0.15) is 6.61 Å². The van der Waals surface area contributed by atoms with Crippen molar-refractivity contribution in [1.82, 2.24) is 0 Å². The molecule has 0 aromatic heterocycles. The van der Waals surface area contributed by atoms with Crippen molar-refractivity contribution in [3.05, 3.63) is 0 Å². The predicted molar refractivity (Wildman–Crippen MR) is 36.8 cm³/mol. The summed E-state index contributed by atoms with van der Waals surface area (Å²) in [7, 11) is 1.66. The van der Waals surface area contributed by atoms with E-state index in [0.29, 0.717) is 19.8 Å². The minimum absolute atomic E-state index is 0.436. The van der Waals surface area contributed by atoms with Crippen molar-refractivity contribution in [2.24, 2.45) is 0 Å². The van der Waals surface area contributed by atoms with Gasteiger partial charge in [0.25, 0.3) is 0 Å². The first-order valence-corrected chi connectivity index (χ1v) is 3.60. The average molecular weight is 146 g/mol. The van der Waals surface area contributed by atoms with Gasteiger partial charge in [-0.05, 0) is 0 Å². The highest BCUT2D eigenvalue weighted by molar-refractivity contribution is 4.71. The average Bonchev–Trinajstić information content (AvgIpc) is 2.39. The Hall–Kier alpha value is -0.120. The highest BCUT2D eigenvalue weighted by Crippen LogP contribution is 2.22. The van der Waals surface area contributed by atoms with E-state index in [1.165, 1.54) is 0 Å². The number of hydrogen-bond acceptors (Lipinski definition) is 3. The zero-order valence-corrected chi connectivity index (χ0v) is 6.55. The summed E-state index contributed by atoms with van der Waals surface area (Å²) in [6.45, 7) is 3.95. The smallest absolute Gasteiger partial charge is 0.191 e. The predicted octanol–water partition coefficient (Wildman–Crippen LogP) is 0.786. The molecule has 1 heterocycles. The molecule has 0 aromatic rings. The van der Waals surface area contributed by atoms with E-state index in [0.717, 1.165) is 6.42 Å². The van der Waals surface area contributed by atoms with Crippen LogP contribution in [0.5, 0.6) is 0 Å². The first-order valence-electron chi connectivity index (χ1n) is 3.60. The van der Waals surface area contributed by atoms with Crippen molar-refractivity contribution in [3.63, 3.8) is 0 Å². The van der Waals surface area contributed by atoms with Crippen molar-refractivity contribution in [2.75, 3.05) is 26.9 Å². The number of methoxy groups -OCH3 is 1. The molecule has 1 aliphatic rings. The second kappa shape index (κ2) is 3.32. The summed E-state index contributed by atoms with van der Waals surface area (Å²) in [5.41, 5.74) is 0. The largest absolute Gasteiger partial charge is 0.379 e. The third kappa shape index (κ3) is 1.48. The van der Waals surface area contributed by atoms with E-state index in [2.05, 4.69) is 0 Å². The fourth-order valence-electron chi connectivity index (χ4n) is 1.11. The normalized spacial score (nSPS) is 23.4. The Morgan fingerprint density at radius 1 is 1.40 bits per heavy atom. The standard InChI is InChI=1S/C7H14O3/c1-3-7(6-8-2)9-4-5-10-7/h3-6H2,1-2H3. The molecule has 1 saturated heterocycles. The molecule has 0 atom stereocenters. The molecule has 0 amide bonds. The first kappa shape index (κ1) is 7.98. The molecule has 1 rings (SSSR count). The Balaban J connectivity index is 2.41. The molecule has 3 nitrogen and oxygen atoms in total. The maximum atomic E-state index is 5.38. The second-order valence-electron chi connectivity index (χ2n) is 2.39. The van der Waals surface area contributed by atoms with E-state index in [9.17, 15) is 0 Å². The highest BCUT2D eigenvalue weighted by atomic mass is 16.7. The van der Waals surface area contributed by atoms with E-state index in [-0.39, 0.29) is 0 Å². The SMILES string of the molecule is CCC1(COC)OCCO1. The molecular formula is C7H14O3. The summed E-state index contributed by atoms with van der Waals surface area (Å²) in [5.74, 6) is -0.436. The number of ether oxygens (including phenoxy) is 3. The molecule has 3 heteroatoms. The van der Waals surface area contributed by atoms with Crippen LogP contribution < -0.4 is 0 Å². The van der Waals surface area contributed by atoms with Gasteiger partial charge in [-0.3, -0.25) is 0 Å². The molecule has 0 N–H and O–H groups in total. The third-order valence-electron chi connectivity index (χ3n) is 1.72. The molecule has 0 saturated carbocycles. The van der Waals surface area contributed by atoms with Gasteiger partial charge in [-0.15, -0.1) is 0 Å². The Morgan fingerprint density at radius 3 is 2.40 bits per heavy atom. The molecule has 0 aliphatic carbocycles. The molecule has 10 heavy (non-hydrogen) atoms. The summed E-state index contributed by atoms with van der Waals surface area (Å²) >= 11 is 0. The van der Waals surface area contributed by atoms with E-state index >= 15 is 0 Å². The van der Waals surface area contributed by atoms with Gasteiger partial charge in [0, 0.05) is 13.5 Å². The lowest BCUT2D eigenvalue weighted by atomic mass is 10.2. The molecular weight excluding hydrogens is 132 g/mol. The Labute approximate surface area is 61.3 Å². The van der Waals surface area contributed by atoms with Crippen LogP contribution in [-0.2, 0) is 14.2 Å². The molecule has 0 aromatic carbocycles. The zero-order chi connectivity index (χ0) is 7.45. The lowest BCUT2D eigenvalue weighted by Gasteiger charge is -2.24. The maximum absolute atomic E-state index is 5.38.